The van der Waals surface area contributed by atoms with Crippen LogP contribution in [0.5, 0.6) is 11.5 Å². The maximum absolute atomic E-state index is 10.8. The minimum Gasteiger partial charge on any atom is -0.504 e. The fourth-order valence-electron chi connectivity index (χ4n) is 1.69. The van der Waals surface area contributed by atoms with Crippen molar-refractivity contribution >= 4 is 17.9 Å². The second-order valence-corrected chi connectivity index (χ2v) is 4.19. The summed E-state index contributed by atoms with van der Waals surface area (Å²) in [7, 11) is 1.47. The number of carbonyl (C=O) groups is 1. The molecule has 0 heterocycles. The van der Waals surface area contributed by atoms with Gasteiger partial charge in [-0.25, -0.2) is 4.79 Å². The number of rotatable bonds is 5. The maximum atomic E-state index is 10.8. The van der Waals surface area contributed by atoms with E-state index in [-0.39, 0.29) is 11.3 Å². The van der Waals surface area contributed by atoms with Crippen LogP contribution in [0.2, 0.25) is 0 Å². The lowest BCUT2D eigenvalue weighted by Crippen LogP contribution is -1.97. The Bertz CT molecular complexity index is 683. The van der Waals surface area contributed by atoms with Gasteiger partial charge in [-0.2, -0.15) is 5.10 Å². The molecule has 0 atom stereocenters. The fourth-order valence-corrected chi connectivity index (χ4v) is 1.69. The molecule has 0 aliphatic rings. The number of benzene rings is 2. The van der Waals surface area contributed by atoms with Gasteiger partial charge in [0.25, 0.3) is 0 Å². The largest absolute Gasteiger partial charge is 0.504 e. The molecule has 0 aliphatic heterocycles. The van der Waals surface area contributed by atoms with Gasteiger partial charge in [0.2, 0.25) is 0 Å². The Morgan fingerprint density at radius 3 is 2.76 bits per heavy atom. The topological polar surface area (TPSA) is 91.2 Å². The Hall–Kier alpha value is -3.02. The first-order chi connectivity index (χ1) is 10.1. The molecule has 6 nitrogen and oxygen atoms in total. The van der Waals surface area contributed by atoms with E-state index in [9.17, 15) is 9.90 Å². The lowest BCUT2D eigenvalue weighted by molar-refractivity contribution is 0.0697. The van der Waals surface area contributed by atoms with E-state index in [2.05, 4.69) is 10.5 Å². The molecular formula is C15H14N2O4. The average molecular weight is 286 g/mol. The summed E-state index contributed by atoms with van der Waals surface area (Å²) in [4.78, 5) is 10.8. The molecule has 0 aromatic heterocycles. The van der Waals surface area contributed by atoms with Crippen LogP contribution in [0.15, 0.2) is 47.6 Å². The molecule has 0 aliphatic carbocycles. The maximum Gasteiger partial charge on any atom is 0.335 e. The van der Waals surface area contributed by atoms with E-state index < -0.39 is 5.97 Å². The lowest BCUT2D eigenvalue weighted by atomic mass is 10.2. The van der Waals surface area contributed by atoms with Crippen LogP contribution in [0, 0.1) is 0 Å². The van der Waals surface area contributed by atoms with Gasteiger partial charge in [-0.3, -0.25) is 5.43 Å². The molecule has 6 heteroatoms. The number of hydrogen-bond donors (Lipinski definition) is 3. The third-order valence-electron chi connectivity index (χ3n) is 2.72. The van der Waals surface area contributed by atoms with Crippen LogP contribution < -0.4 is 10.2 Å². The molecule has 0 saturated heterocycles. The lowest BCUT2D eigenvalue weighted by Gasteiger charge is -2.04. The van der Waals surface area contributed by atoms with Crippen LogP contribution in [0.4, 0.5) is 5.69 Å². The molecule has 0 radical (unpaired) electrons. The van der Waals surface area contributed by atoms with Crippen molar-refractivity contribution in [2.24, 2.45) is 5.10 Å². The number of hydrazone groups is 1. The summed E-state index contributed by atoms with van der Waals surface area (Å²) in [5.74, 6) is -0.591. The standard InChI is InChI=1S/C15H14N2O4/c1-21-14-6-5-10(7-13(14)18)9-16-17-12-4-2-3-11(8-12)15(19)20/h2-9,17-18H,1H3,(H,19,20)/b16-9-. The number of aromatic carboxylic acids is 1. The first-order valence-corrected chi connectivity index (χ1v) is 6.09. The molecule has 0 amide bonds. The number of carboxylic acid groups (broad SMARTS) is 1. The molecule has 0 spiro atoms. The first-order valence-electron chi connectivity index (χ1n) is 6.09. The Labute approximate surface area is 121 Å². The number of nitrogens with zero attached hydrogens (tertiary/aromatic N) is 1. The Kier molecular flexibility index (Phi) is 4.40. The Morgan fingerprint density at radius 2 is 2.10 bits per heavy atom. The predicted octanol–water partition coefficient (Wildman–Crippen LogP) is 2.55. The van der Waals surface area contributed by atoms with Crippen LogP contribution in [-0.4, -0.2) is 29.5 Å². The molecule has 2 rings (SSSR count). The Morgan fingerprint density at radius 1 is 1.29 bits per heavy atom. The molecule has 0 fully saturated rings. The van der Waals surface area contributed by atoms with Gasteiger partial charge in [0.05, 0.1) is 24.6 Å². The summed E-state index contributed by atoms with van der Waals surface area (Å²) >= 11 is 0. The van der Waals surface area contributed by atoms with Gasteiger partial charge in [0.1, 0.15) is 0 Å². The summed E-state index contributed by atoms with van der Waals surface area (Å²) < 4.78 is 4.94. The summed E-state index contributed by atoms with van der Waals surface area (Å²) in [6.45, 7) is 0. The molecule has 2 aromatic rings. The van der Waals surface area contributed by atoms with Crippen LogP contribution in [0.25, 0.3) is 0 Å². The van der Waals surface area contributed by atoms with E-state index in [0.29, 0.717) is 17.0 Å². The quantitative estimate of drug-likeness (QED) is 0.580. The molecule has 0 saturated carbocycles. The zero-order valence-corrected chi connectivity index (χ0v) is 11.3. The van der Waals surface area contributed by atoms with Crippen LogP contribution >= 0.6 is 0 Å². The van der Waals surface area contributed by atoms with Gasteiger partial charge in [-0.15, -0.1) is 0 Å². The van der Waals surface area contributed by atoms with Crippen molar-refractivity contribution in [1.29, 1.82) is 0 Å². The second kappa shape index (κ2) is 6.42. The molecular weight excluding hydrogens is 272 g/mol. The van der Waals surface area contributed by atoms with Gasteiger partial charge < -0.3 is 14.9 Å². The molecule has 0 unspecified atom stereocenters. The average Bonchev–Trinajstić information content (AvgIpc) is 2.48. The summed E-state index contributed by atoms with van der Waals surface area (Å²) in [5.41, 5.74) is 4.14. The SMILES string of the molecule is COc1ccc(/C=N\Nc2cccc(C(=O)O)c2)cc1O. The predicted molar refractivity (Wildman–Crippen MR) is 79.3 cm³/mol. The minimum atomic E-state index is -0.997. The van der Waals surface area contributed by atoms with Crippen molar-refractivity contribution in [3.8, 4) is 11.5 Å². The highest BCUT2D eigenvalue weighted by molar-refractivity contribution is 5.89. The van der Waals surface area contributed by atoms with E-state index in [1.807, 2.05) is 0 Å². The number of carboxylic acids is 1. The summed E-state index contributed by atoms with van der Waals surface area (Å²) in [6.07, 6.45) is 1.51. The van der Waals surface area contributed by atoms with E-state index in [4.69, 9.17) is 9.84 Å². The number of anilines is 1. The third-order valence-corrected chi connectivity index (χ3v) is 2.72. The number of ether oxygens (including phenoxy) is 1. The van der Waals surface area contributed by atoms with Crippen molar-refractivity contribution in [3.05, 3.63) is 53.6 Å². The second-order valence-electron chi connectivity index (χ2n) is 4.19. The number of aromatic hydroxyl groups is 1. The van der Waals surface area contributed by atoms with Gasteiger partial charge >= 0.3 is 5.97 Å². The normalized spacial score (nSPS) is 10.5. The highest BCUT2D eigenvalue weighted by Gasteiger charge is 2.02. The number of phenolic OH excluding ortho intramolecular Hbond substituents is 1. The van der Waals surface area contributed by atoms with Crippen molar-refractivity contribution in [2.75, 3.05) is 12.5 Å². The monoisotopic (exact) mass is 286 g/mol. The van der Waals surface area contributed by atoms with Crippen molar-refractivity contribution in [1.82, 2.24) is 0 Å². The van der Waals surface area contributed by atoms with E-state index in [1.54, 1.807) is 24.3 Å². The number of hydrogen-bond acceptors (Lipinski definition) is 5. The van der Waals surface area contributed by atoms with Gasteiger partial charge in [0.15, 0.2) is 11.5 Å². The van der Waals surface area contributed by atoms with E-state index in [0.717, 1.165) is 0 Å². The molecule has 3 N–H and O–H groups in total. The van der Waals surface area contributed by atoms with Gasteiger partial charge in [0, 0.05) is 0 Å². The van der Waals surface area contributed by atoms with Gasteiger partial charge in [-0.05, 0) is 42.0 Å². The van der Waals surface area contributed by atoms with Crippen molar-refractivity contribution in [2.45, 2.75) is 0 Å². The Balaban J connectivity index is 2.07. The molecule has 2 aromatic carbocycles. The molecule has 0 bridgehead atoms. The minimum absolute atomic E-state index is 0.0225. The van der Waals surface area contributed by atoms with Crippen LogP contribution in [0.3, 0.4) is 0 Å². The highest BCUT2D eigenvalue weighted by atomic mass is 16.5. The van der Waals surface area contributed by atoms with E-state index >= 15 is 0 Å². The summed E-state index contributed by atoms with van der Waals surface area (Å²) in [5, 5.41) is 22.5. The number of phenols is 1. The van der Waals surface area contributed by atoms with Crippen molar-refractivity contribution in [3.63, 3.8) is 0 Å². The zero-order valence-electron chi connectivity index (χ0n) is 11.3. The van der Waals surface area contributed by atoms with E-state index in [1.165, 1.54) is 31.5 Å². The molecule has 21 heavy (non-hydrogen) atoms. The first kappa shape index (κ1) is 14.4. The zero-order chi connectivity index (χ0) is 15.2. The van der Waals surface area contributed by atoms with Crippen LogP contribution in [-0.2, 0) is 0 Å². The fraction of sp³-hybridized carbons (Fsp3) is 0.0667. The summed E-state index contributed by atoms with van der Waals surface area (Å²) in [6, 6.07) is 11.2. The number of nitrogens with one attached hydrogen (secondary N) is 1. The van der Waals surface area contributed by atoms with Gasteiger partial charge in [-0.1, -0.05) is 6.07 Å². The highest BCUT2D eigenvalue weighted by Crippen LogP contribution is 2.25. The van der Waals surface area contributed by atoms with Crippen molar-refractivity contribution < 1.29 is 19.7 Å². The smallest absolute Gasteiger partial charge is 0.335 e. The number of methoxy groups -OCH3 is 1. The third kappa shape index (κ3) is 3.73. The van der Waals surface area contributed by atoms with Crippen LogP contribution in [0.1, 0.15) is 15.9 Å². The molecule has 108 valence electrons.